The quantitative estimate of drug-likeness (QED) is 0.601. The van der Waals surface area contributed by atoms with Gasteiger partial charge in [0.1, 0.15) is 17.6 Å². The predicted octanol–water partition coefficient (Wildman–Crippen LogP) is 1.75. The standard InChI is InChI=1S/C12H14BrN3O4/c13-10-5-9(16(17)18)6-14-11(10)15-2-4-20-12(7-15)1-3-19-8-12/h5-6H,1-4,7-8H2. The Kier molecular flexibility index (Phi) is 3.61. The first-order chi connectivity index (χ1) is 9.60. The van der Waals surface area contributed by atoms with Crippen molar-refractivity contribution in [1.82, 2.24) is 4.98 Å². The second-order valence-corrected chi connectivity index (χ2v) is 5.87. The van der Waals surface area contributed by atoms with E-state index in [1.165, 1.54) is 12.3 Å². The largest absolute Gasteiger partial charge is 0.378 e. The zero-order valence-electron chi connectivity index (χ0n) is 10.7. The molecule has 2 fully saturated rings. The van der Waals surface area contributed by atoms with E-state index in [0.29, 0.717) is 43.2 Å². The van der Waals surface area contributed by atoms with E-state index in [1.807, 2.05) is 0 Å². The van der Waals surface area contributed by atoms with Crippen LogP contribution in [0, 0.1) is 10.1 Å². The molecular formula is C12H14BrN3O4. The van der Waals surface area contributed by atoms with E-state index in [1.54, 1.807) is 0 Å². The van der Waals surface area contributed by atoms with Crippen LogP contribution in [-0.4, -0.2) is 48.4 Å². The maximum Gasteiger partial charge on any atom is 0.288 e. The van der Waals surface area contributed by atoms with Gasteiger partial charge < -0.3 is 14.4 Å². The van der Waals surface area contributed by atoms with E-state index in [9.17, 15) is 10.1 Å². The minimum absolute atomic E-state index is 0.0206. The van der Waals surface area contributed by atoms with Crippen LogP contribution < -0.4 is 4.90 Å². The van der Waals surface area contributed by atoms with Crippen molar-refractivity contribution in [2.24, 2.45) is 0 Å². The molecule has 0 amide bonds. The molecule has 1 atom stereocenters. The molecule has 0 aromatic carbocycles. The molecule has 2 saturated heterocycles. The predicted molar refractivity (Wildman–Crippen MR) is 74.9 cm³/mol. The highest BCUT2D eigenvalue weighted by atomic mass is 79.9. The van der Waals surface area contributed by atoms with Gasteiger partial charge in [-0.2, -0.15) is 0 Å². The van der Waals surface area contributed by atoms with Crippen molar-refractivity contribution >= 4 is 27.4 Å². The molecule has 20 heavy (non-hydrogen) atoms. The molecule has 2 aliphatic heterocycles. The molecule has 7 nitrogen and oxygen atoms in total. The van der Waals surface area contributed by atoms with Crippen molar-refractivity contribution in [3.05, 3.63) is 26.9 Å². The zero-order chi connectivity index (χ0) is 14.2. The van der Waals surface area contributed by atoms with Crippen molar-refractivity contribution < 1.29 is 14.4 Å². The van der Waals surface area contributed by atoms with Gasteiger partial charge in [-0.15, -0.1) is 0 Å². The van der Waals surface area contributed by atoms with E-state index in [-0.39, 0.29) is 11.3 Å². The molecule has 108 valence electrons. The number of hydrogen-bond acceptors (Lipinski definition) is 6. The van der Waals surface area contributed by atoms with Crippen LogP contribution >= 0.6 is 15.9 Å². The number of morpholine rings is 1. The SMILES string of the molecule is O=[N+]([O-])c1cnc(N2CCOC3(CCOC3)C2)c(Br)c1. The number of rotatable bonds is 2. The molecule has 1 spiro atoms. The Labute approximate surface area is 124 Å². The molecule has 0 N–H and O–H groups in total. The summed E-state index contributed by atoms with van der Waals surface area (Å²) in [5.41, 5.74) is -0.283. The van der Waals surface area contributed by atoms with Gasteiger partial charge in [0.05, 0.1) is 29.2 Å². The third-order valence-corrected chi connectivity index (χ3v) is 4.22. The molecule has 0 saturated carbocycles. The lowest BCUT2D eigenvalue weighted by molar-refractivity contribution is -0.385. The molecule has 0 aliphatic carbocycles. The maximum atomic E-state index is 10.7. The molecule has 3 heterocycles. The van der Waals surface area contributed by atoms with Crippen molar-refractivity contribution in [3.8, 4) is 0 Å². The van der Waals surface area contributed by atoms with E-state index in [4.69, 9.17) is 9.47 Å². The second-order valence-electron chi connectivity index (χ2n) is 5.01. The Morgan fingerprint density at radius 2 is 2.35 bits per heavy atom. The maximum absolute atomic E-state index is 10.7. The molecular weight excluding hydrogens is 330 g/mol. The highest BCUT2D eigenvalue weighted by molar-refractivity contribution is 9.10. The summed E-state index contributed by atoms with van der Waals surface area (Å²) in [6, 6.07) is 1.48. The number of nitro groups is 1. The molecule has 3 rings (SSSR count). The van der Waals surface area contributed by atoms with Crippen molar-refractivity contribution in [2.75, 3.05) is 37.8 Å². The monoisotopic (exact) mass is 343 g/mol. The summed E-state index contributed by atoms with van der Waals surface area (Å²) in [6.07, 6.45) is 2.15. The Balaban J connectivity index is 1.83. The van der Waals surface area contributed by atoms with Crippen LogP contribution in [0.3, 0.4) is 0 Å². The summed E-state index contributed by atoms with van der Waals surface area (Å²) in [5, 5.41) is 10.7. The second kappa shape index (κ2) is 5.27. The van der Waals surface area contributed by atoms with Crippen molar-refractivity contribution in [2.45, 2.75) is 12.0 Å². The smallest absolute Gasteiger partial charge is 0.288 e. The third-order valence-electron chi connectivity index (χ3n) is 3.63. The number of pyridine rings is 1. The fourth-order valence-electron chi connectivity index (χ4n) is 2.61. The van der Waals surface area contributed by atoms with Gasteiger partial charge in [0.15, 0.2) is 0 Å². The fraction of sp³-hybridized carbons (Fsp3) is 0.583. The Morgan fingerprint density at radius 3 is 3.00 bits per heavy atom. The molecule has 1 aromatic heterocycles. The number of halogens is 1. The topological polar surface area (TPSA) is 77.7 Å². The van der Waals surface area contributed by atoms with Gasteiger partial charge in [0.25, 0.3) is 5.69 Å². The van der Waals surface area contributed by atoms with Crippen LogP contribution in [0.2, 0.25) is 0 Å². The van der Waals surface area contributed by atoms with Gasteiger partial charge in [0.2, 0.25) is 0 Å². The number of nitrogens with zero attached hydrogens (tertiary/aromatic N) is 3. The first kappa shape index (κ1) is 13.7. The van der Waals surface area contributed by atoms with Gasteiger partial charge >= 0.3 is 0 Å². The third kappa shape index (κ3) is 2.50. The first-order valence-corrected chi connectivity index (χ1v) is 7.16. The number of anilines is 1. The highest BCUT2D eigenvalue weighted by Gasteiger charge is 2.41. The fourth-order valence-corrected chi connectivity index (χ4v) is 3.19. The van der Waals surface area contributed by atoms with Gasteiger partial charge in [-0.25, -0.2) is 4.98 Å². The molecule has 0 bridgehead atoms. The minimum Gasteiger partial charge on any atom is -0.378 e. The van der Waals surface area contributed by atoms with Crippen LogP contribution in [0.1, 0.15) is 6.42 Å². The normalized spacial score (nSPS) is 26.1. The average Bonchev–Trinajstić information content (AvgIpc) is 2.86. The summed E-state index contributed by atoms with van der Waals surface area (Å²) in [4.78, 5) is 16.6. The number of hydrogen-bond donors (Lipinski definition) is 0. The molecule has 8 heteroatoms. The van der Waals surface area contributed by atoms with Crippen molar-refractivity contribution in [1.29, 1.82) is 0 Å². The molecule has 2 aliphatic rings. The van der Waals surface area contributed by atoms with E-state index >= 15 is 0 Å². The average molecular weight is 344 g/mol. The lowest BCUT2D eigenvalue weighted by atomic mass is 10.0. The summed E-state index contributed by atoms with van der Waals surface area (Å²) in [6.45, 7) is 3.31. The lowest BCUT2D eigenvalue weighted by Gasteiger charge is -2.40. The number of ether oxygens (including phenoxy) is 2. The van der Waals surface area contributed by atoms with Gasteiger partial charge in [-0.05, 0) is 15.9 Å². The zero-order valence-corrected chi connectivity index (χ0v) is 12.3. The summed E-state index contributed by atoms with van der Waals surface area (Å²) in [7, 11) is 0. The summed E-state index contributed by atoms with van der Waals surface area (Å²) < 4.78 is 11.9. The van der Waals surface area contributed by atoms with Crippen LogP contribution in [0.5, 0.6) is 0 Å². The Morgan fingerprint density at radius 1 is 1.50 bits per heavy atom. The lowest BCUT2D eigenvalue weighted by Crippen LogP contribution is -2.52. The van der Waals surface area contributed by atoms with Crippen LogP contribution in [-0.2, 0) is 9.47 Å². The summed E-state index contributed by atoms with van der Waals surface area (Å²) in [5.74, 6) is 0.713. The van der Waals surface area contributed by atoms with E-state index < -0.39 is 4.92 Å². The number of aromatic nitrogens is 1. The minimum atomic E-state index is -0.451. The Bertz CT molecular complexity index is 533. The van der Waals surface area contributed by atoms with Crippen LogP contribution in [0.15, 0.2) is 16.7 Å². The first-order valence-electron chi connectivity index (χ1n) is 6.36. The van der Waals surface area contributed by atoms with Crippen molar-refractivity contribution in [3.63, 3.8) is 0 Å². The molecule has 1 aromatic rings. The molecule has 1 unspecified atom stereocenters. The van der Waals surface area contributed by atoms with E-state index in [0.717, 1.165) is 6.42 Å². The Hall–Kier alpha value is -1.25. The van der Waals surface area contributed by atoms with Crippen LogP contribution in [0.25, 0.3) is 0 Å². The van der Waals surface area contributed by atoms with E-state index in [2.05, 4.69) is 25.8 Å². The van der Waals surface area contributed by atoms with Gasteiger partial charge in [0, 0.05) is 25.6 Å². The summed E-state index contributed by atoms with van der Waals surface area (Å²) >= 11 is 3.37. The van der Waals surface area contributed by atoms with Crippen LogP contribution in [0.4, 0.5) is 11.5 Å². The van der Waals surface area contributed by atoms with Gasteiger partial charge in [-0.3, -0.25) is 10.1 Å². The molecule has 0 radical (unpaired) electrons. The highest BCUT2D eigenvalue weighted by Crippen LogP contribution is 2.33. The van der Waals surface area contributed by atoms with Gasteiger partial charge in [-0.1, -0.05) is 0 Å².